The van der Waals surface area contributed by atoms with Crippen molar-refractivity contribution in [1.29, 1.82) is 0 Å². The first kappa shape index (κ1) is 26.0. The molecule has 0 aromatic heterocycles. The summed E-state index contributed by atoms with van der Waals surface area (Å²) in [6.45, 7) is 4.63. The van der Waals surface area contributed by atoms with Crippen molar-refractivity contribution in [2.45, 2.75) is 62.5 Å². The lowest BCUT2D eigenvalue weighted by Crippen LogP contribution is -2.38. The van der Waals surface area contributed by atoms with E-state index in [0.717, 1.165) is 17.7 Å². The van der Waals surface area contributed by atoms with Crippen molar-refractivity contribution in [3.8, 4) is 17.6 Å². The van der Waals surface area contributed by atoms with Gasteiger partial charge in [0.1, 0.15) is 24.1 Å². The van der Waals surface area contributed by atoms with E-state index in [1.807, 2.05) is 54.6 Å². The highest BCUT2D eigenvalue weighted by molar-refractivity contribution is 5.26. The third-order valence-corrected chi connectivity index (χ3v) is 5.56. The summed E-state index contributed by atoms with van der Waals surface area (Å²) < 4.78 is 22.8. The maximum atomic E-state index is 10.4. The number of benzene rings is 1. The fourth-order valence-electron chi connectivity index (χ4n) is 3.65. The van der Waals surface area contributed by atoms with Crippen molar-refractivity contribution < 1.29 is 29.2 Å². The van der Waals surface area contributed by atoms with Gasteiger partial charge in [0.25, 0.3) is 0 Å². The van der Waals surface area contributed by atoms with Crippen LogP contribution in [0, 0.1) is 11.8 Å². The van der Waals surface area contributed by atoms with E-state index in [1.165, 1.54) is 0 Å². The molecular weight excluding hydrogens is 432 g/mol. The van der Waals surface area contributed by atoms with Gasteiger partial charge in [0.15, 0.2) is 0 Å². The molecule has 2 aliphatic heterocycles. The molecule has 0 amide bonds. The van der Waals surface area contributed by atoms with Crippen molar-refractivity contribution in [2.24, 2.45) is 0 Å². The SMILES string of the molecule is C=CC[C@@H]1C=C[C@@H]2O[C@H](C/C=C\C#CC(O)CCOCc3ccc(OC)cc3)[C@@H](O)C=C[C@H]2O1. The van der Waals surface area contributed by atoms with Crippen LogP contribution in [0.5, 0.6) is 5.75 Å². The number of aliphatic hydroxyl groups is 2. The van der Waals surface area contributed by atoms with Crippen LogP contribution in [0.3, 0.4) is 0 Å². The lowest BCUT2D eigenvalue weighted by atomic mass is 10.1. The number of hydrogen-bond donors (Lipinski definition) is 2. The van der Waals surface area contributed by atoms with E-state index in [1.54, 1.807) is 19.3 Å². The van der Waals surface area contributed by atoms with E-state index in [2.05, 4.69) is 18.4 Å². The highest BCUT2D eigenvalue weighted by Crippen LogP contribution is 2.25. The third-order valence-electron chi connectivity index (χ3n) is 5.56. The molecule has 1 aromatic rings. The number of allylic oxidation sites excluding steroid dienone is 1. The van der Waals surface area contributed by atoms with Gasteiger partial charge in [-0.1, -0.05) is 60.4 Å². The Balaban J connectivity index is 1.37. The van der Waals surface area contributed by atoms with Gasteiger partial charge in [0, 0.05) is 6.42 Å². The molecule has 0 saturated heterocycles. The minimum absolute atomic E-state index is 0.0184. The summed E-state index contributed by atoms with van der Waals surface area (Å²) >= 11 is 0. The Kier molecular flexibility index (Phi) is 10.6. The Hall–Kier alpha value is -2.66. The zero-order valence-corrected chi connectivity index (χ0v) is 19.6. The maximum absolute atomic E-state index is 10.4. The average Bonchev–Trinajstić information content (AvgIpc) is 3.00. The summed E-state index contributed by atoms with van der Waals surface area (Å²) in [4.78, 5) is 0. The van der Waals surface area contributed by atoms with Crippen LogP contribution in [-0.2, 0) is 20.8 Å². The predicted molar refractivity (Wildman–Crippen MR) is 131 cm³/mol. The van der Waals surface area contributed by atoms with Crippen molar-refractivity contribution in [3.63, 3.8) is 0 Å². The maximum Gasteiger partial charge on any atom is 0.118 e. The lowest BCUT2D eigenvalue weighted by molar-refractivity contribution is -0.0995. The molecular formula is C28H34O6. The molecule has 0 radical (unpaired) electrons. The van der Waals surface area contributed by atoms with Gasteiger partial charge in [-0.15, -0.1) is 6.58 Å². The van der Waals surface area contributed by atoms with E-state index in [9.17, 15) is 10.2 Å². The Morgan fingerprint density at radius 1 is 1.09 bits per heavy atom. The monoisotopic (exact) mass is 466 g/mol. The van der Waals surface area contributed by atoms with Gasteiger partial charge in [-0.2, -0.15) is 0 Å². The molecule has 2 N–H and O–H groups in total. The predicted octanol–water partition coefficient (Wildman–Crippen LogP) is 3.50. The van der Waals surface area contributed by atoms with Gasteiger partial charge in [-0.25, -0.2) is 0 Å². The second kappa shape index (κ2) is 13.9. The minimum atomic E-state index is -0.767. The third kappa shape index (κ3) is 8.28. The quantitative estimate of drug-likeness (QED) is 0.312. The molecule has 2 heterocycles. The summed E-state index contributed by atoms with van der Waals surface area (Å²) in [5.41, 5.74) is 1.04. The standard InChI is InChI=1S/C28H34O6/c1-3-7-24-14-16-28-27(33-24)17-15-25(30)26(34-28)9-6-4-5-8-22(29)18-19-32-20-21-10-12-23(31-2)13-11-21/h3-4,6,10-17,22,24-30H,1,7,9,18-20H2,2H3/b6-4-/t22?,24-,25+,26-,27-,28+/m1/s1. The molecule has 0 bridgehead atoms. The van der Waals surface area contributed by atoms with Crippen molar-refractivity contribution in [1.82, 2.24) is 0 Å². The van der Waals surface area contributed by atoms with Gasteiger partial charge in [0.05, 0.1) is 38.6 Å². The highest BCUT2D eigenvalue weighted by atomic mass is 16.6. The van der Waals surface area contributed by atoms with Crippen molar-refractivity contribution in [3.05, 3.63) is 78.9 Å². The van der Waals surface area contributed by atoms with Gasteiger partial charge in [-0.05, 0) is 36.6 Å². The van der Waals surface area contributed by atoms with Crippen LogP contribution in [0.15, 0.2) is 73.4 Å². The fourth-order valence-corrected chi connectivity index (χ4v) is 3.65. The fraction of sp³-hybridized carbons (Fsp3) is 0.429. The van der Waals surface area contributed by atoms with Gasteiger partial charge < -0.3 is 29.2 Å². The van der Waals surface area contributed by atoms with Crippen LogP contribution in [0.4, 0.5) is 0 Å². The number of methoxy groups -OCH3 is 1. The summed E-state index contributed by atoms with van der Waals surface area (Å²) in [6, 6.07) is 7.67. The zero-order chi connectivity index (χ0) is 24.2. The van der Waals surface area contributed by atoms with Crippen LogP contribution >= 0.6 is 0 Å². The molecule has 0 spiro atoms. The number of rotatable bonds is 10. The summed E-state index contributed by atoms with van der Waals surface area (Å²) in [5.74, 6) is 6.44. The molecule has 0 saturated carbocycles. The van der Waals surface area contributed by atoms with Crippen LogP contribution < -0.4 is 4.74 Å². The molecule has 6 nitrogen and oxygen atoms in total. The molecule has 0 aliphatic carbocycles. The van der Waals surface area contributed by atoms with Crippen LogP contribution in [0.2, 0.25) is 0 Å². The molecule has 1 unspecified atom stereocenters. The van der Waals surface area contributed by atoms with Gasteiger partial charge >= 0.3 is 0 Å². The number of hydrogen-bond acceptors (Lipinski definition) is 6. The molecule has 182 valence electrons. The normalized spacial score (nSPS) is 26.9. The molecule has 34 heavy (non-hydrogen) atoms. The van der Waals surface area contributed by atoms with Crippen LogP contribution in [-0.4, -0.2) is 60.6 Å². The molecule has 3 rings (SSSR count). The van der Waals surface area contributed by atoms with E-state index in [0.29, 0.717) is 26.1 Å². The smallest absolute Gasteiger partial charge is 0.118 e. The first-order chi connectivity index (χ1) is 16.6. The molecule has 1 aromatic carbocycles. The number of fused-ring (bicyclic) bond motifs is 1. The highest BCUT2D eigenvalue weighted by Gasteiger charge is 2.32. The Labute approximate surface area is 202 Å². The lowest BCUT2D eigenvalue weighted by Gasteiger charge is -2.31. The first-order valence-electron chi connectivity index (χ1n) is 11.6. The van der Waals surface area contributed by atoms with E-state index >= 15 is 0 Å². The Morgan fingerprint density at radius 2 is 1.85 bits per heavy atom. The van der Waals surface area contributed by atoms with E-state index in [-0.39, 0.29) is 18.3 Å². The summed E-state index contributed by atoms with van der Waals surface area (Å²) in [5, 5.41) is 20.4. The largest absolute Gasteiger partial charge is 0.497 e. The van der Waals surface area contributed by atoms with Gasteiger partial charge in [0.2, 0.25) is 0 Å². The van der Waals surface area contributed by atoms with E-state index < -0.39 is 18.3 Å². The van der Waals surface area contributed by atoms with Crippen molar-refractivity contribution >= 4 is 0 Å². The van der Waals surface area contributed by atoms with E-state index in [4.69, 9.17) is 18.9 Å². The Morgan fingerprint density at radius 3 is 2.62 bits per heavy atom. The van der Waals surface area contributed by atoms with Crippen LogP contribution in [0.1, 0.15) is 24.8 Å². The van der Waals surface area contributed by atoms with Gasteiger partial charge in [-0.3, -0.25) is 0 Å². The number of aliphatic hydroxyl groups excluding tert-OH is 2. The summed E-state index contributed by atoms with van der Waals surface area (Å²) in [6.07, 6.45) is 12.2. The number of ether oxygens (including phenoxy) is 4. The average molecular weight is 467 g/mol. The molecule has 6 atom stereocenters. The Bertz CT molecular complexity index is 907. The second-order valence-electron chi connectivity index (χ2n) is 8.19. The minimum Gasteiger partial charge on any atom is -0.497 e. The zero-order valence-electron chi connectivity index (χ0n) is 19.6. The second-order valence-corrected chi connectivity index (χ2v) is 8.19. The van der Waals surface area contributed by atoms with Crippen LogP contribution in [0.25, 0.3) is 0 Å². The topological polar surface area (TPSA) is 77.4 Å². The molecule has 6 heteroatoms. The molecule has 0 fully saturated rings. The molecule has 2 aliphatic rings. The summed E-state index contributed by atoms with van der Waals surface area (Å²) in [7, 11) is 1.63. The van der Waals surface area contributed by atoms with Crippen molar-refractivity contribution in [2.75, 3.05) is 13.7 Å². The first-order valence-corrected chi connectivity index (χ1v) is 11.6.